The Morgan fingerprint density at radius 1 is 1.00 bits per heavy atom. The summed E-state index contributed by atoms with van der Waals surface area (Å²) in [6, 6.07) is 11.5. The number of nitrogens with one attached hydrogen (secondary N) is 1. The van der Waals surface area contributed by atoms with E-state index >= 15 is 13.2 Å². The van der Waals surface area contributed by atoms with Crippen LogP contribution >= 0.6 is 0 Å². The average molecular weight is 643 g/mol. The number of halogens is 3. The van der Waals surface area contributed by atoms with E-state index in [1.54, 1.807) is 12.1 Å². The Hall–Kier alpha value is -3.39. The molecular weight excluding hydrogens is 597 g/mol. The third kappa shape index (κ3) is 5.26. The molecule has 0 radical (unpaired) electrons. The van der Waals surface area contributed by atoms with E-state index in [0.29, 0.717) is 76.4 Å². The number of hydrogen-bond donors (Lipinski definition) is 1. The summed E-state index contributed by atoms with van der Waals surface area (Å²) in [6.45, 7) is 7.81. The molecule has 2 aliphatic heterocycles. The molecule has 4 fully saturated rings. The van der Waals surface area contributed by atoms with Crippen LogP contribution in [-0.4, -0.2) is 47.9 Å². The van der Waals surface area contributed by atoms with E-state index in [0.717, 1.165) is 68.8 Å². The highest BCUT2D eigenvalue weighted by molar-refractivity contribution is 6.03. The minimum absolute atomic E-state index is 0.0656. The first-order valence-electron chi connectivity index (χ1n) is 17.7. The van der Waals surface area contributed by atoms with Gasteiger partial charge in [-0.2, -0.15) is 9.97 Å². The van der Waals surface area contributed by atoms with Crippen LogP contribution in [0.5, 0.6) is 6.01 Å². The van der Waals surface area contributed by atoms with Gasteiger partial charge in [-0.1, -0.05) is 44.5 Å². The summed E-state index contributed by atoms with van der Waals surface area (Å²) >= 11 is 0. The van der Waals surface area contributed by atoms with Gasteiger partial charge in [-0.15, -0.1) is 0 Å². The summed E-state index contributed by atoms with van der Waals surface area (Å²) < 4.78 is 53.6. The second kappa shape index (κ2) is 11.9. The topological polar surface area (TPSA) is 50.3 Å². The molecule has 2 bridgehead atoms. The molecule has 4 aromatic rings. The fourth-order valence-corrected chi connectivity index (χ4v) is 9.56. The Balaban J connectivity index is 1.27. The lowest BCUT2D eigenvalue weighted by Crippen LogP contribution is -2.51. The van der Waals surface area contributed by atoms with E-state index in [-0.39, 0.29) is 29.0 Å². The van der Waals surface area contributed by atoms with Crippen LogP contribution in [0.15, 0.2) is 36.4 Å². The first-order valence-corrected chi connectivity index (χ1v) is 17.7. The lowest BCUT2D eigenvalue weighted by molar-refractivity contribution is 0.0597. The van der Waals surface area contributed by atoms with Crippen LogP contribution in [0.3, 0.4) is 0 Å². The van der Waals surface area contributed by atoms with Crippen molar-refractivity contribution < 1.29 is 17.9 Å². The average Bonchev–Trinajstić information content (AvgIpc) is 3.59. The molecular formula is C39H45F3N4O. The Morgan fingerprint density at radius 3 is 2.60 bits per heavy atom. The quantitative estimate of drug-likeness (QED) is 0.228. The summed E-state index contributed by atoms with van der Waals surface area (Å²) in [6.07, 6.45) is 7.50. The van der Waals surface area contributed by atoms with Gasteiger partial charge >= 0.3 is 6.01 Å². The number of nitrogens with zero attached hydrogens (tertiary/aromatic N) is 3. The molecule has 3 unspecified atom stereocenters. The molecule has 47 heavy (non-hydrogen) atoms. The van der Waals surface area contributed by atoms with Crippen LogP contribution in [-0.2, 0) is 6.42 Å². The molecule has 8 rings (SSSR count). The molecule has 1 N–H and O–H groups in total. The minimum atomic E-state index is -0.836. The zero-order valence-electron chi connectivity index (χ0n) is 27.7. The Labute approximate surface area is 275 Å². The largest absolute Gasteiger partial charge is 0.463 e. The van der Waals surface area contributed by atoms with Crippen LogP contribution in [0.4, 0.5) is 19.0 Å². The number of ether oxygens (including phenoxy) is 1. The van der Waals surface area contributed by atoms with Gasteiger partial charge in [-0.25, -0.2) is 13.2 Å². The van der Waals surface area contributed by atoms with Crippen LogP contribution in [0.25, 0.3) is 32.8 Å². The van der Waals surface area contributed by atoms with Crippen LogP contribution in [0.1, 0.15) is 76.3 Å². The lowest BCUT2D eigenvalue weighted by Gasteiger charge is -2.35. The van der Waals surface area contributed by atoms with E-state index in [2.05, 4.69) is 10.2 Å². The van der Waals surface area contributed by atoms with Crippen molar-refractivity contribution in [3.8, 4) is 17.1 Å². The molecule has 6 atom stereocenters. The molecule has 1 aromatic heterocycles. The monoisotopic (exact) mass is 642 g/mol. The Morgan fingerprint density at radius 2 is 1.81 bits per heavy atom. The van der Waals surface area contributed by atoms with Gasteiger partial charge < -0.3 is 15.0 Å². The molecule has 8 heteroatoms. The van der Waals surface area contributed by atoms with Crippen molar-refractivity contribution in [2.75, 3.05) is 24.6 Å². The highest BCUT2D eigenvalue weighted by Gasteiger charge is 2.48. The molecule has 2 saturated carbocycles. The maximum absolute atomic E-state index is 16.5. The predicted molar refractivity (Wildman–Crippen MR) is 182 cm³/mol. The van der Waals surface area contributed by atoms with Crippen LogP contribution < -0.4 is 15.0 Å². The number of piperazine rings is 1. The van der Waals surface area contributed by atoms with Crippen molar-refractivity contribution >= 4 is 27.5 Å². The molecule has 5 nitrogen and oxygen atoms in total. The number of fused-ring (bicyclic) bond motifs is 5. The molecule has 248 valence electrons. The number of alkyl halides is 1. The number of aryl methyl sites for hydroxylation is 2. The smallest absolute Gasteiger partial charge is 0.318 e. The number of rotatable bonds is 6. The predicted octanol–water partition coefficient (Wildman–Crippen LogP) is 8.86. The zero-order chi connectivity index (χ0) is 32.4. The fraction of sp³-hybridized carbons (Fsp3) is 0.538. The maximum Gasteiger partial charge on any atom is 0.318 e. The van der Waals surface area contributed by atoms with Crippen LogP contribution in [0, 0.1) is 35.8 Å². The number of hydrogen-bond acceptors (Lipinski definition) is 5. The Kier molecular flexibility index (Phi) is 7.85. The highest BCUT2D eigenvalue weighted by Crippen LogP contribution is 2.53. The third-order valence-corrected chi connectivity index (χ3v) is 12.2. The van der Waals surface area contributed by atoms with Gasteiger partial charge in [-0.3, -0.25) is 0 Å². The molecule has 3 aromatic carbocycles. The second-order valence-electron chi connectivity index (χ2n) is 14.9. The fourth-order valence-electron chi connectivity index (χ4n) is 9.56. The number of benzene rings is 3. The zero-order valence-corrected chi connectivity index (χ0v) is 27.7. The van der Waals surface area contributed by atoms with Crippen molar-refractivity contribution in [1.82, 2.24) is 15.3 Å². The molecule has 2 saturated heterocycles. The lowest BCUT2D eigenvalue weighted by atomic mass is 9.74. The normalized spacial score (nSPS) is 29.0. The SMILES string of the molecule is CCc1c(F)ccc2cccc(-c3c(F)cc4c(N5CC6CCC(C5)N6)nc(OC[C@@]56CCCC5CC[C@@H](C)[C@H](F)C6)nc4c3C)c12. The van der Waals surface area contributed by atoms with E-state index in [9.17, 15) is 0 Å². The van der Waals surface area contributed by atoms with E-state index < -0.39 is 6.17 Å². The summed E-state index contributed by atoms with van der Waals surface area (Å²) in [5, 5.41) is 5.95. The summed E-state index contributed by atoms with van der Waals surface area (Å²) in [4.78, 5) is 12.3. The van der Waals surface area contributed by atoms with Crippen LogP contribution in [0.2, 0.25) is 0 Å². The van der Waals surface area contributed by atoms with E-state index in [1.165, 1.54) is 6.07 Å². The highest BCUT2D eigenvalue weighted by atomic mass is 19.1. The van der Waals surface area contributed by atoms with Gasteiger partial charge in [0, 0.05) is 41.5 Å². The van der Waals surface area contributed by atoms with Crippen molar-refractivity contribution in [2.45, 2.75) is 96.8 Å². The van der Waals surface area contributed by atoms with Crippen molar-refractivity contribution in [1.29, 1.82) is 0 Å². The second-order valence-corrected chi connectivity index (χ2v) is 14.9. The number of anilines is 1. The molecule has 3 heterocycles. The van der Waals surface area contributed by atoms with Crippen molar-refractivity contribution in [2.24, 2.45) is 17.3 Å². The Bertz CT molecular complexity index is 1840. The van der Waals surface area contributed by atoms with Gasteiger partial charge in [0.15, 0.2) is 0 Å². The van der Waals surface area contributed by atoms with Crippen molar-refractivity contribution in [3.63, 3.8) is 0 Å². The van der Waals surface area contributed by atoms with E-state index in [4.69, 9.17) is 14.7 Å². The van der Waals surface area contributed by atoms with Gasteiger partial charge in [0.05, 0.1) is 12.1 Å². The first-order chi connectivity index (χ1) is 22.7. The van der Waals surface area contributed by atoms with Gasteiger partial charge in [-0.05, 0) is 110 Å². The van der Waals surface area contributed by atoms with Gasteiger partial charge in [0.1, 0.15) is 23.6 Å². The van der Waals surface area contributed by atoms with Gasteiger partial charge in [0.2, 0.25) is 0 Å². The summed E-state index contributed by atoms with van der Waals surface area (Å²) in [5.74, 6) is 0.535. The summed E-state index contributed by atoms with van der Waals surface area (Å²) in [5.41, 5.74) is 2.75. The van der Waals surface area contributed by atoms with Crippen molar-refractivity contribution in [3.05, 3.63) is 59.2 Å². The standard InChI is InChI=1S/C39H45F3N4O/c1-4-28-31(40)15-11-24-7-5-9-29(35(24)28)34-23(3)36-30(17-32(34)41)37(46-19-26-13-14-27(20-46)43-26)45-38(44-36)47-21-39-16-6-8-25(39)12-10-22(2)33(42)18-39/h5,7,9,11,15,17,22,25-27,33,43H,4,6,8,10,12-14,16,18-21H2,1-3H3/t22-,25?,26?,27?,33-,39+/m1/s1. The first kappa shape index (κ1) is 30.9. The minimum Gasteiger partial charge on any atom is -0.463 e. The maximum atomic E-state index is 16.5. The third-order valence-electron chi connectivity index (χ3n) is 12.2. The summed E-state index contributed by atoms with van der Waals surface area (Å²) in [7, 11) is 0. The number of aromatic nitrogens is 2. The van der Waals surface area contributed by atoms with Gasteiger partial charge in [0.25, 0.3) is 0 Å². The van der Waals surface area contributed by atoms with E-state index in [1.807, 2.05) is 39.0 Å². The molecule has 4 aliphatic rings. The molecule has 0 amide bonds. The molecule has 0 spiro atoms. The molecule has 2 aliphatic carbocycles.